The Balaban J connectivity index is 2.25. The third-order valence-corrected chi connectivity index (χ3v) is 3.75. The van der Waals surface area contributed by atoms with Crippen LogP contribution in [0, 0.1) is 20.8 Å². The van der Waals surface area contributed by atoms with E-state index in [2.05, 4.69) is 4.98 Å². The maximum absolute atomic E-state index is 12.0. The Hall–Kier alpha value is -2.49. The number of hydrogen-bond donors (Lipinski definition) is 0. The van der Waals surface area contributed by atoms with Gasteiger partial charge in [-0.1, -0.05) is 6.07 Å². The summed E-state index contributed by atoms with van der Waals surface area (Å²) in [7, 11) is 0. The van der Waals surface area contributed by atoms with E-state index in [1.165, 1.54) is 0 Å². The molecular formula is C18H19NO3. The highest BCUT2D eigenvalue weighted by atomic mass is 16.5. The Morgan fingerprint density at radius 2 is 1.73 bits per heavy atom. The third kappa shape index (κ3) is 3.22. The van der Waals surface area contributed by atoms with Gasteiger partial charge in [-0.25, -0.2) is 4.79 Å². The zero-order valence-corrected chi connectivity index (χ0v) is 13.3. The Bertz CT molecular complexity index is 721. The molecule has 0 radical (unpaired) electrons. The lowest BCUT2D eigenvalue weighted by Gasteiger charge is -2.16. The van der Waals surface area contributed by atoms with Gasteiger partial charge >= 0.3 is 5.97 Å². The molecule has 0 saturated heterocycles. The fourth-order valence-electron chi connectivity index (χ4n) is 2.70. The number of Topliss-reactive ketones (excluding diaryl/α,β-unsaturated/α-hetero) is 1. The van der Waals surface area contributed by atoms with Gasteiger partial charge in [0, 0.05) is 18.0 Å². The van der Waals surface area contributed by atoms with E-state index in [0.717, 1.165) is 22.3 Å². The number of pyridine rings is 1. The molecule has 4 heteroatoms. The average molecular weight is 297 g/mol. The van der Waals surface area contributed by atoms with E-state index in [4.69, 9.17) is 4.74 Å². The van der Waals surface area contributed by atoms with Crippen molar-refractivity contribution < 1.29 is 14.3 Å². The first-order valence-electron chi connectivity index (χ1n) is 7.09. The van der Waals surface area contributed by atoms with Crippen molar-refractivity contribution in [3.05, 3.63) is 64.0 Å². The zero-order valence-electron chi connectivity index (χ0n) is 13.3. The molecule has 0 aliphatic carbocycles. The summed E-state index contributed by atoms with van der Waals surface area (Å²) in [5.41, 5.74) is 4.91. The molecule has 0 aliphatic rings. The summed E-state index contributed by atoms with van der Waals surface area (Å²) in [6, 6.07) is 5.18. The lowest BCUT2D eigenvalue weighted by molar-refractivity contribution is 0.0471. The Morgan fingerprint density at radius 1 is 1.09 bits per heavy atom. The van der Waals surface area contributed by atoms with Crippen molar-refractivity contribution >= 4 is 11.8 Å². The number of ketones is 1. The number of esters is 1. The van der Waals surface area contributed by atoms with Crippen LogP contribution in [0.25, 0.3) is 0 Å². The molecule has 0 amide bonds. The number of ether oxygens (including phenoxy) is 1. The van der Waals surface area contributed by atoms with E-state index < -0.39 is 5.97 Å². The van der Waals surface area contributed by atoms with Gasteiger partial charge in [-0.05, 0) is 62.1 Å². The maximum atomic E-state index is 12.0. The molecule has 1 aromatic heterocycles. The second-order valence-corrected chi connectivity index (χ2v) is 5.36. The Morgan fingerprint density at radius 3 is 2.32 bits per heavy atom. The molecule has 0 fully saturated rings. The first kappa shape index (κ1) is 15.9. The van der Waals surface area contributed by atoms with Crippen LogP contribution in [-0.2, 0) is 11.3 Å². The number of carbonyl (C=O) groups excluding carboxylic acids is 2. The van der Waals surface area contributed by atoms with Crippen LogP contribution in [0.5, 0.6) is 0 Å². The van der Waals surface area contributed by atoms with Crippen LogP contribution in [0.4, 0.5) is 0 Å². The lowest BCUT2D eigenvalue weighted by atomic mass is 9.92. The topological polar surface area (TPSA) is 56.3 Å². The minimum Gasteiger partial charge on any atom is -0.457 e. The van der Waals surface area contributed by atoms with Crippen molar-refractivity contribution in [3.8, 4) is 0 Å². The molecular weight excluding hydrogens is 278 g/mol. The van der Waals surface area contributed by atoms with Crippen molar-refractivity contribution in [1.82, 2.24) is 4.98 Å². The smallest absolute Gasteiger partial charge is 0.338 e. The van der Waals surface area contributed by atoms with Crippen molar-refractivity contribution in [2.24, 2.45) is 0 Å². The molecule has 0 saturated carbocycles. The number of carbonyl (C=O) groups is 2. The van der Waals surface area contributed by atoms with E-state index in [1.807, 2.05) is 26.8 Å². The maximum Gasteiger partial charge on any atom is 0.338 e. The van der Waals surface area contributed by atoms with Gasteiger partial charge in [-0.3, -0.25) is 9.78 Å². The molecule has 0 aliphatic heterocycles. The molecule has 1 aromatic carbocycles. The normalized spacial score (nSPS) is 10.4. The minimum atomic E-state index is -0.397. The standard InChI is InChI=1S/C18H19NO3/c1-11-9-12(2)17(14(4)20)13(3)16(11)10-22-18(21)15-5-7-19-8-6-15/h5-9H,10H2,1-4H3. The molecule has 0 unspecified atom stereocenters. The summed E-state index contributed by atoms with van der Waals surface area (Å²) in [4.78, 5) is 27.7. The highest BCUT2D eigenvalue weighted by molar-refractivity contribution is 5.97. The van der Waals surface area contributed by atoms with Gasteiger partial charge in [-0.2, -0.15) is 0 Å². The molecule has 2 aromatic rings. The number of aryl methyl sites for hydroxylation is 2. The van der Waals surface area contributed by atoms with Gasteiger partial charge in [0.25, 0.3) is 0 Å². The zero-order chi connectivity index (χ0) is 16.3. The molecule has 1 heterocycles. The molecule has 2 rings (SSSR count). The van der Waals surface area contributed by atoms with Gasteiger partial charge in [0.1, 0.15) is 6.61 Å². The van der Waals surface area contributed by atoms with Crippen LogP contribution in [0.3, 0.4) is 0 Å². The SMILES string of the molecule is CC(=O)c1c(C)cc(C)c(COC(=O)c2ccncc2)c1C. The fraction of sp³-hybridized carbons (Fsp3) is 0.278. The van der Waals surface area contributed by atoms with Crippen molar-refractivity contribution in [1.29, 1.82) is 0 Å². The van der Waals surface area contributed by atoms with E-state index >= 15 is 0 Å². The summed E-state index contributed by atoms with van der Waals surface area (Å²) < 4.78 is 5.37. The summed E-state index contributed by atoms with van der Waals surface area (Å²) in [5, 5.41) is 0. The molecule has 22 heavy (non-hydrogen) atoms. The van der Waals surface area contributed by atoms with Crippen molar-refractivity contribution in [2.45, 2.75) is 34.3 Å². The van der Waals surface area contributed by atoms with Crippen LogP contribution in [-0.4, -0.2) is 16.7 Å². The fourth-order valence-corrected chi connectivity index (χ4v) is 2.70. The second-order valence-electron chi connectivity index (χ2n) is 5.36. The predicted molar refractivity (Wildman–Crippen MR) is 84.0 cm³/mol. The molecule has 0 spiro atoms. The van der Waals surface area contributed by atoms with Gasteiger partial charge in [0.15, 0.2) is 5.78 Å². The molecule has 0 bridgehead atoms. The predicted octanol–water partition coefficient (Wildman–Crippen LogP) is 3.57. The Kier molecular flexibility index (Phi) is 4.71. The molecule has 4 nitrogen and oxygen atoms in total. The average Bonchev–Trinajstić information content (AvgIpc) is 2.46. The van der Waals surface area contributed by atoms with E-state index in [0.29, 0.717) is 11.1 Å². The van der Waals surface area contributed by atoms with Gasteiger partial charge in [-0.15, -0.1) is 0 Å². The highest BCUT2D eigenvalue weighted by Crippen LogP contribution is 2.23. The van der Waals surface area contributed by atoms with E-state index in [1.54, 1.807) is 31.5 Å². The van der Waals surface area contributed by atoms with Crippen LogP contribution >= 0.6 is 0 Å². The van der Waals surface area contributed by atoms with Crippen molar-refractivity contribution in [2.75, 3.05) is 0 Å². The number of aromatic nitrogens is 1. The van der Waals surface area contributed by atoms with E-state index in [-0.39, 0.29) is 12.4 Å². The van der Waals surface area contributed by atoms with Gasteiger partial charge < -0.3 is 4.74 Å². The first-order chi connectivity index (χ1) is 10.4. The molecule has 114 valence electrons. The Labute approximate surface area is 130 Å². The number of nitrogens with zero attached hydrogens (tertiary/aromatic N) is 1. The lowest BCUT2D eigenvalue weighted by Crippen LogP contribution is -2.10. The van der Waals surface area contributed by atoms with Crippen LogP contribution in [0.2, 0.25) is 0 Å². The summed E-state index contributed by atoms with van der Waals surface area (Å²) in [5.74, 6) is -0.372. The van der Waals surface area contributed by atoms with Gasteiger partial charge in [0.2, 0.25) is 0 Å². The highest BCUT2D eigenvalue weighted by Gasteiger charge is 2.16. The monoisotopic (exact) mass is 297 g/mol. The quantitative estimate of drug-likeness (QED) is 0.639. The van der Waals surface area contributed by atoms with E-state index in [9.17, 15) is 9.59 Å². The number of rotatable bonds is 4. The summed E-state index contributed by atoms with van der Waals surface area (Å²) in [6.07, 6.45) is 3.10. The van der Waals surface area contributed by atoms with Crippen LogP contribution in [0.1, 0.15) is 49.9 Å². The molecule has 0 atom stereocenters. The summed E-state index contributed by atoms with van der Waals surface area (Å²) in [6.45, 7) is 7.48. The first-order valence-corrected chi connectivity index (χ1v) is 7.09. The largest absolute Gasteiger partial charge is 0.457 e. The minimum absolute atomic E-state index is 0.0247. The van der Waals surface area contributed by atoms with Gasteiger partial charge in [0.05, 0.1) is 5.56 Å². The van der Waals surface area contributed by atoms with Crippen LogP contribution < -0.4 is 0 Å². The number of benzene rings is 1. The third-order valence-electron chi connectivity index (χ3n) is 3.75. The summed E-state index contributed by atoms with van der Waals surface area (Å²) >= 11 is 0. The number of hydrogen-bond acceptors (Lipinski definition) is 4. The van der Waals surface area contributed by atoms with Crippen molar-refractivity contribution in [3.63, 3.8) is 0 Å². The van der Waals surface area contributed by atoms with Crippen LogP contribution in [0.15, 0.2) is 30.6 Å². The second kappa shape index (κ2) is 6.52. The molecule has 0 N–H and O–H groups in total.